The van der Waals surface area contributed by atoms with Crippen LogP contribution in [0.1, 0.15) is 11.4 Å². The molecular formula is C17H18N8. The number of aryl methyl sites for hydroxylation is 2. The Morgan fingerprint density at radius 2 is 1.80 bits per heavy atom. The van der Waals surface area contributed by atoms with Gasteiger partial charge in [-0.3, -0.25) is 4.68 Å². The first-order valence-corrected chi connectivity index (χ1v) is 8.18. The van der Waals surface area contributed by atoms with Crippen molar-refractivity contribution in [1.29, 1.82) is 5.26 Å². The van der Waals surface area contributed by atoms with E-state index in [9.17, 15) is 0 Å². The Morgan fingerprint density at radius 3 is 2.48 bits per heavy atom. The van der Waals surface area contributed by atoms with Gasteiger partial charge in [-0.2, -0.15) is 10.4 Å². The number of hydrogen-bond donors (Lipinski definition) is 0. The molecule has 0 amide bonds. The number of piperazine rings is 1. The second kappa shape index (κ2) is 6.02. The van der Waals surface area contributed by atoms with Gasteiger partial charge in [-0.15, -0.1) is 0 Å². The fraction of sp³-hybridized carbons (Fsp3) is 0.353. The van der Waals surface area contributed by atoms with Crippen LogP contribution < -0.4 is 9.80 Å². The van der Waals surface area contributed by atoms with Crippen molar-refractivity contribution in [3.63, 3.8) is 0 Å². The molecule has 0 radical (unpaired) electrons. The van der Waals surface area contributed by atoms with E-state index in [1.54, 1.807) is 10.9 Å². The van der Waals surface area contributed by atoms with E-state index in [2.05, 4.69) is 35.9 Å². The number of aromatic nitrogens is 5. The molecule has 0 unspecified atom stereocenters. The van der Waals surface area contributed by atoms with E-state index in [0.717, 1.165) is 54.7 Å². The van der Waals surface area contributed by atoms with Crippen LogP contribution in [-0.4, -0.2) is 50.9 Å². The quantitative estimate of drug-likeness (QED) is 0.697. The zero-order valence-corrected chi connectivity index (χ0v) is 14.2. The average Bonchev–Trinajstić information content (AvgIpc) is 3.02. The predicted molar refractivity (Wildman–Crippen MR) is 94.4 cm³/mol. The summed E-state index contributed by atoms with van der Waals surface area (Å²) in [7, 11) is 1.90. The van der Waals surface area contributed by atoms with Crippen LogP contribution in [0.5, 0.6) is 0 Å². The Kier molecular flexibility index (Phi) is 3.69. The number of rotatable bonds is 2. The molecule has 8 nitrogen and oxygen atoms in total. The molecule has 4 rings (SSSR count). The van der Waals surface area contributed by atoms with Crippen molar-refractivity contribution >= 4 is 22.7 Å². The molecule has 0 atom stereocenters. The highest BCUT2D eigenvalue weighted by atomic mass is 15.3. The highest BCUT2D eigenvalue weighted by Gasteiger charge is 2.22. The van der Waals surface area contributed by atoms with Crippen LogP contribution >= 0.6 is 0 Å². The molecule has 25 heavy (non-hydrogen) atoms. The SMILES string of the molecule is Cc1nc(N2CCN(c3ccc(C#N)cn3)CC2)c2cnn(C)c2n1. The minimum absolute atomic E-state index is 0.581. The lowest BCUT2D eigenvalue weighted by atomic mass is 10.2. The van der Waals surface area contributed by atoms with Crippen LogP contribution in [-0.2, 0) is 7.05 Å². The number of nitriles is 1. The first-order valence-electron chi connectivity index (χ1n) is 8.18. The van der Waals surface area contributed by atoms with Crippen molar-refractivity contribution in [3.8, 4) is 6.07 Å². The summed E-state index contributed by atoms with van der Waals surface area (Å²) in [6.45, 7) is 5.31. The molecule has 0 aliphatic carbocycles. The van der Waals surface area contributed by atoms with Gasteiger partial charge in [-0.05, 0) is 19.1 Å². The van der Waals surface area contributed by atoms with Gasteiger partial charge in [0.15, 0.2) is 5.65 Å². The van der Waals surface area contributed by atoms with Gasteiger partial charge in [0.1, 0.15) is 23.5 Å². The summed E-state index contributed by atoms with van der Waals surface area (Å²) >= 11 is 0. The smallest absolute Gasteiger partial charge is 0.163 e. The predicted octanol–water partition coefficient (Wildman–Crippen LogP) is 1.26. The van der Waals surface area contributed by atoms with Crippen LogP contribution in [0.2, 0.25) is 0 Å². The number of anilines is 2. The van der Waals surface area contributed by atoms with Crippen LogP contribution in [0.15, 0.2) is 24.5 Å². The van der Waals surface area contributed by atoms with E-state index in [4.69, 9.17) is 5.26 Å². The fourth-order valence-corrected chi connectivity index (χ4v) is 3.14. The molecule has 0 spiro atoms. The molecule has 0 saturated carbocycles. The molecular weight excluding hydrogens is 316 g/mol. The summed E-state index contributed by atoms with van der Waals surface area (Å²) in [6.07, 6.45) is 3.45. The molecule has 1 aliphatic rings. The number of pyridine rings is 1. The van der Waals surface area contributed by atoms with Crippen LogP contribution in [0.3, 0.4) is 0 Å². The Hall–Kier alpha value is -3.21. The summed E-state index contributed by atoms with van der Waals surface area (Å²) < 4.78 is 1.78. The standard InChI is InChI=1S/C17H18N8/c1-12-21-16-14(11-20-23(16)2)17(22-12)25-7-5-24(6-8-25)15-4-3-13(9-18)10-19-15/h3-4,10-11H,5-8H2,1-2H3. The number of nitrogens with zero attached hydrogens (tertiary/aromatic N) is 8. The number of fused-ring (bicyclic) bond motifs is 1. The van der Waals surface area contributed by atoms with Gasteiger partial charge in [-0.25, -0.2) is 15.0 Å². The molecule has 0 aromatic carbocycles. The van der Waals surface area contributed by atoms with Crippen molar-refractivity contribution in [2.24, 2.45) is 7.05 Å². The van der Waals surface area contributed by atoms with E-state index in [0.29, 0.717) is 5.56 Å². The minimum Gasteiger partial charge on any atom is -0.353 e. The highest BCUT2D eigenvalue weighted by Crippen LogP contribution is 2.25. The maximum atomic E-state index is 8.88. The third kappa shape index (κ3) is 2.74. The van der Waals surface area contributed by atoms with E-state index in [1.807, 2.05) is 32.3 Å². The maximum Gasteiger partial charge on any atom is 0.163 e. The lowest BCUT2D eigenvalue weighted by Gasteiger charge is -2.36. The third-order valence-corrected chi connectivity index (χ3v) is 4.46. The molecule has 0 N–H and O–H groups in total. The van der Waals surface area contributed by atoms with E-state index < -0.39 is 0 Å². The van der Waals surface area contributed by atoms with Gasteiger partial charge in [0.25, 0.3) is 0 Å². The summed E-state index contributed by atoms with van der Waals surface area (Å²) in [4.78, 5) is 18.0. The lowest BCUT2D eigenvalue weighted by molar-refractivity contribution is 0.642. The van der Waals surface area contributed by atoms with Gasteiger partial charge >= 0.3 is 0 Å². The molecule has 3 aromatic heterocycles. The van der Waals surface area contributed by atoms with Crippen molar-refractivity contribution in [2.45, 2.75) is 6.92 Å². The Balaban J connectivity index is 1.55. The summed E-state index contributed by atoms with van der Waals surface area (Å²) in [5.41, 5.74) is 1.44. The molecule has 8 heteroatoms. The Morgan fingerprint density at radius 1 is 1.04 bits per heavy atom. The Bertz CT molecular complexity index is 945. The van der Waals surface area contributed by atoms with Crippen molar-refractivity contribution < 1.29 is 0 Å². The first kappa shape index (κ1) is 15.3. The fourth-order valence-electron chi connectivity index (χ4n) is 3.14. The van der Waals surface area contributed by atoms with Gasteiger partial charge in [0, 0.05) is 39.4 Å². The molecule has 1 saturated heterocycles. The maximum absolute atomic E-state index is 8.88. The van der Waals surface area contributed by atoms with Crippen LogP contribution in [0.4, 0.5) is 11.6 Å². The zero-order valence-electron chi connectivity index (χ0n) is 14.2. The van der Waals surface area contributed by atoms with E-state index in [-0.39, 0.29) is 0 Å². The summed E-state index contributed by atoms with van der Waals surface area (Å²) in [6, 6.07) is 5.81. The topological polar surface area (TPSA) is 86.8 Å². The van der Waals surface area contributed by atoms with Gasteiger partial charge in [0.05, 0.1) is 17.1 Å². The van der Waals surface area contributed by atoms with E-state index in [1.165, 1.54) is 0 Å². The lowest BCUT2D eigenvalue weighted by Crippen LogP contribution is -2.47. The largest absolute Gasteiger partial charge is 0.353 e. The molecule has 0 bridgehead atoms. The molecule has 1 aliphatic heterocycles. The second-order valence-electron chi connectivity index (χ2n) is 6.09. The van der Waals surface area contributed by atoms with Crippen molar-refractivity contribution in [1.82, 2.24) is 24.7 Å². The van der Waals surface area contributed by atoms with Crippen LogP contribution in [0, 0.1) is 18.3 Å². The van der Waals surface area contributed by atoms with E-state index >= 15 is 0 Å². The summed E-state index contributed by atoms with van der Waals surface area (Å²) in [5, 5.41) is 14.2. The highest BCUT2D eigenvalue weighted by molar-refractivity contribution is 5.87. The minimum atomic E-state index is 0.581. The third-order valence-electron chi connectivity index (χ3n) is 4.46. The summed E-state index contributed by atoms with van der Waals surface area (Å²) in [5.74, 6) is 2.61. The second-order valence-corrected chi connectivity index (χ2v) is 6.09. The van der Waals surface area contributed by atoms with Gasteiger partial charge < -0.3 is 9.80 Å². The zero-order chi connectivity index (χ0) is 17.4. The normalized spacial score (nSPS) is 14.8. The molecule has 1 fully saturated rings. The first-order chi connectivity index (χ1) is 12.2. The molecule has 4 heterocycles. The molecule has 3 aromatic rings. The average molecular weight is 334 g/mol. The monoisotopic (exact) mass is 334 g/mol. The van der Waals surface area contributed by atoms with Gasteiger partial charge in [-0.1, -0.05) is 0 Å². The molecule has 126 valence electrons. The van der Waals surface area contributed by atoms with Crippen molar-refractivity contribution in [3.05, 3.63) is 35.9 Å². The van der Waals surface area contributed by atoms with Crippen molar-refractivity contribution in [2.75, 3.05) is 36.0 Å². The number of hydrogen-bond acceptors (Lipinski definition) is 7. The van der Waals surface area contributed by atoms with Crippen LogP contribution in [0.25, 0.3) is 11.0 Å². The Labute approximate surface area is 145 Å². The van der Waals surface area contributed by atoms with Gasteiger partial charge in [0.2, 0.25) is 0 Å².